The molecule has 2 N–H and O–H groups in total. The summed E-state index contributed by atoms with van der Waals surface area (Å²) < 4.78 is 8.00. The molecule has 8 nitrogen and oxygen atoms in total. The highest BCUT2D eigenvalue weighted by Gasteiger charge is 2.21. The van der Waals surface area contributed by atoms with E-state index in [0.717, 1.165) is 50.2 Å². The van der Waals surface area contributed by atoms with Gasteiger partial charge in [0.05, 0.1) is 6.20 Å². The lowest BCUT2D eigenvalue weighted by atomic mass is 10.1. The smallest absolute Gasteiger partial charge is 0.322 e. The predicted octanol–water partition coefficient (Wildman–Crippen LogP) is 3.59. The van der Waals surface area contributed by atoms with Gasteiger partial charge in [0.1, 0.15) is 6.10 Å². The van der Waals surface area contributed by atoms with Crippen LogP contribution in [0.4, 0.5) is 11.6 Å². The summed E-state index contributed by atoms with van der Waals surface area (Å²) in [6.07, 6.45) is 6.63. The normalized spacial score (nSPS) is 19.1. The van der Waals surface area contributed by atoms with Gasteiger partial charge < -0.3 is 20.3 Å². The quantitative estimate of drug-likeness (QED) is 0.587. The SMILES string of the molecule is CC(C)c1cnn2c(NCc3ccccc3N3CCCC3)nc(O[C@@H]3CCCNC3)nc12. The number of nitrogens with one attached hydrogen (secondary N) is 2. The molecule has 2 aliphatic rings. The second-order valence-electron chi connectivity index (χ2n) is 9.08. The van der Waals surface area contributed by atoms with E-state index >= 15 is 0 Å². The molecule has 4 heterocycles. The molecule has 2 saturated heterocycles. The van der Waals surface area contributed by atoms with Crippen molar-refractivity contribution in [3.05, 3.63) is 41.6 Å². The Morgan fingerprint density at radius 1 is 1.16 bits per heavy atom. The molecule has 3 aromatic rings. The molecule has 1 aromatic carbocycles. The first kappa shape index (κ1) is 21.0. The van der Waals surface area contributed by atoms with Gasteiger partial charge in [-0.05, 0) is 49.8 Å². The molecule has 0 unspecified atom stereocenters. The number of hydrogen-bond acceptors (Lipinski definition) is 7. The highest BCUT2D eigenvalue weighted by Crippen LogP contribution is 2.27. The van der Waals surface area contributed by atoms with Gasteiger partial charge in [-0.15, -0.1) is 0 Å². The molecule has 0 amide bonds. The van der Waals surface area contributed by atoms with E-state index in [1.54, 1.807) is 4.52 Å². The van der Waals surface area contributed by atoms with Crippen molar-refractivity contribution in [2.45, 2.75) is 58.1 Å². The fourth-order valence-electron chi connectivity index (χ4n) is 4.62. The first-order valence-corrected chi connectivity index (χ1v) is 11.9. The van der Waals surface area contributed by atoms with Crippen molar-refractivity contribution in [1.29, 1.82) is 0 Å². The monoisotopic (exact) mass is 435 g/mol. The Balaban J connectivity index is 1.44. The van der Waals surface area contributed by atoms with E-state index in [1.807, 2.05) is 6.20 Å². The Labute approximate surface area is 189 Å². The third-order valence-corrected chi connectivity index (χ3v) is 6.40. The van der Waals surface area contributed by atoms with Gasteiger partial charge in [-0.3, -0.25) is 0 Å². The van der Waals surface area contributed by atoms with Gasteiger partial charge in [0.2, 0.25) is 5.95 Å². The number of fused-ring (bicyclic) bond motifs is 1. The summed E-state index contributed by atoms with van der Waals surface area (Å²) in [6.45, 7) is 9.10. The summed E-state index contributed by atoms with van der Waals surface area (Å²) in [4.78, 5) is 11.9. The summed E-state index contributed by atoms with van der Waals surface area (Å²) in [7, 11) is 0. The van der Waals surface area contributed by atoms with E-state index in [4.69, 9.17) is 14.7 Å². The second-order valence-corrected chi connectivity index (χ2v) is 9.08. The van der Waals surface area contributed by atoms with Gasteiger partial charge in [0.15, 0.2) is 5.65 Å². The van der Waals surface area contributed by atoms with E-state index < -0.39 is 0 Å². The topological polar surface area (TPSA) is 79.6 Å². The van der Waals surface area contributed by atoms with Gasteiger partial charge in [-0.2, -0.15) is 19.6 Å². The zero-order valence-corrected chi connectivity index (χ0v) is 19.0. The predicted molar refractivity (Wildman–Crippen MR) is 127 cm³/mol. The molecule has 8 heteroatoms. The van der Waals surface area contributed by atoms with Crippen LogP contribution in [0.3, 0.4) is 0 Å². The number of para-hydroxylation sites is 1. The number of anilines is 2. The lowest BCUT2D eigenvalue weighted by molar-refractivity contribution is 0.153. The van der Waals surface area contributed by atoms with Crippen LogP contribution in [0.5, 0.6) is 6.01 Å². The molecule has 2 aliphatic heterocycles. The zero-order valence-electron chi connectivity index (χ0n) is 19.0. The first-order valence-electron chi connectivity index (χ1n) is 11.9. The molecule has 170 valence electrons. The Morgan fingerprint density at radius 3 is 2.78 bits per heavy atom. The maximum absolute atomic E-state index is 6.19. The van der Waals surface area contributed by atoms with Gasteiger partial charge in [0, 0.05) is 37.4 Å². The summed E-state index contributed by atoms with van der Waals surface area (Å²) in [5.74, 6) is 0.979. The second kappa shape index (κ2) is 9.32. The molecule has 0 aliphatic carbocycles. The Kier molecular flexibility index (Phi) is 6.12. The minimum atomic E-state index is 0.0976. The van der Waals surface area contributed by atoms with Crippen molar-refractivity contribution < 1.29 is 4.74 Å². The van der Waals surface area contributed by atoms with E-state index in [1.165, 1.54) is 24.1 Å². The van der Waals surface area contributed by atoms with Crippen molar-refractivity contribution in [2.24, 2.45) is 0 Å². The fraction of sp³-hybridized carbons (Fsp3) is 0.542. The highest BCUT2D eigenvalue weighted by atomic mass is 16.5. The van der Waals surface area contributed by atoms with E-state index in [-0.39, 0.29) is 6.10 Å². The van der Waals surface area contributed by atoms with Gasteiger partial charge in [0.25, 0.3) is 0 Å². The van der Waals surface area contributed by atoms with Crippen LogP contribution in [0.1, 0.15) is 56.6 Å². The Bertz CT molecular complexity index is 1050. The maximum atomic E-state index is 6.19. The van der Waals surface area contributed by atoms with Crippen LogP contribution in [-0.2, 0) is 6.54 Å². The van der Waals surface area contributed by atoms with Crippen LogP contribution >= 0.6 is 0 Å². The molecule has 0 spiro atoms. The molecule has 0 radical (unpaired) electrons. The standard InChI is InChI=1S/C24H33N7O/c1-17(2)20-16-27-31-22(20)28-24(32-19-9-7-11-25-15-19)29-23(31)26-14-18-8-3-4-10-21(18)30-12-5-6-13-30/h3-4,8,10,16-17,19,25H,5-7,9,11-15H2,1-2H3,(H,26,28,29)/t19-/m1/s1. The molecule has 1 atom stereocenters. The average Bonchev–Trinajstić information content (AvgIpc) is 3.49. The van der Waals surface area contributed by atoms with E-state index in [2.05, 4.69) is 58.7 Å². The lowest BCUT2D eigenvalue weighted by Gasteiger charge is -2.23. The molecule has 2 fully saturated rings. The van der Waals surface area contributed by atoms with Crippen LogP contribution in [0.15, 0.2) is 30.5 Å². The van der Waals surface area contributed by atoms with Gasteiger partial charge >= 0.3 is 6.01 Å². The number of piperidine rings is 1. The number of aromatic nitrogens is 4. The van der Waals surface area contributed by atoms with E-state index in [0.29, 0.717) is 24.4 Å². The summed E-state index contributed by atoms with van der Waals surface area (Å²) >= 11 is 0. The number of benzene rings is 1. The molecule has 32 heavy (non-hydrogen) atoms. The number of ether oxygens (including phenoxy) is 1. The molecular formula is C24H33N7O. The number of nitrogens with zero attached hydrogens (tertiary/aromatic N) is 5. The largest absolute Gasteiger partial charge is 0.459 e. The molecule has 0 bridgehead atoms. The molecule has 5 rings (SSSR count). The van der Waals surface area contributed by atoms with Crippen molar-refractivity contribution in [3.63, 3.8) is 0 Å². The fourth-order valence-corrected chi connectivity index (χ4v) is 4.62. The molecule has 0 saturated carbocycles. The van der Waals surface area contributed by atoms with Gasteiger partial charge in [-0.1, -0.05) is 32.0 Å². The number of rotatable bonds is 7. The van der Waals surface area contributed by atoms with Crippen LogP contribution < -0.4 is 20.3 Å². The van der Waals surface area contributed by atoms with Crippen LogP contribution in [0.2, 0.25) is 0 Å². The van der Waals surface area contributed by atoms with Crippen molar-refractivity contribution in [3.8, 4) is 6.01 Å². The van der Waals surface area contributed by atoms with Gasteiger partial charge in [-0.25, -0.2) is 0 Å². The molecule has 2 aromatic heterocycles. The Morgan fingerprint density at radius 2 is 2.00 bits per heavy atom. The van der Waals surface area contributed by atoms with Crippen molar-refractivity contribution in [2.75, 3.05) is 36.4 Å². The summed E-state index contributed by atoms with van der Waals surface area (Å²) in [5, 5.41) is 11.5. The highest BCUT2D eigenvalue weighted by molar-refractivity contribution is 5.56. The zero-order chi connectivity index (χ0) is 21.9. The summed E-state index contributed by atoms with van der Waals surface area (Å²) in [6, 6.07) is 9.04. The first-order chi connectivity index (χ1) is 15.7. The maximum Gasteiger partial charge on any atom is 0.322 e. The summed E-state index contributed by atoms with van der Waals surface area (Å²) in [5.41, 5.74) is 4.47. The minimum Gasteiger partial charge on any atom is -0.459 e. The molecular weight excluding hydrogens is 402 g/mol. The van der Waals surface area contributed by atoms with E-state index in [9.17, 15) is 0 Å². The Hall–Kier alpha value is -2.87. The van der Waals surface area contributed by atoms with Crippen LogP contribution in [-0.4, -0.2) is 51.9 Å². The van der Waals surface area contributed by atoms with Crippen molar-refractivity contribution >= 4 is 17.3 Å². The lowest BCUT2D eigenvalue weighted by Crippen LogP contribution is -2.37. The average molecular weight is 436 g/mol. The van der Waals surface area contributed by atoms with Crippen molar-refractivity contribution in [1.82, 2.24) is 24.9 Å². The number of hydrogen-bond donors (Lipinski definition) is 2. The van der Waals surface area contributed by atoms with Crippen LogP contribution in [0.25, 0.3) is 5.65 Å². The minimum absolute atomic E-state index is 0.0976. The third-order valence-electron chi connectivity index (χ3n) is 6.40. The van der Waals surface area contributed by atoms with Crippen LogP contribution in [0, 0.1) is 0 Å². The third kappa shape index (κ3) is 4.37.